The highest BCUT2D eigenvalue weighted by Gasteiger charge is 2.14. The van der Waals surface area contributed by atoms with Gasteiger partial charge in [0, 0.05) is 13.6 Å². The molecule has 0 bridgehead atoms. The van der Waals surface area contributed by atoms with Crippen LogP contribution >= 0.6 is 11.3 Å². The van der Waals surface area contributed by atoms with Gasteiger partial charge in [-0.15, -0.1) is 11.3 Å². The van der Waals surface area contributed by atoms with E-state index in [9.17, 15) is 4.79 Å². The summed E-state index contributed by atoms with van der Waals surface area (Å²) in [5, 5.41) is 0.893. The third-order valence-corrected chi connectivity index (χ3v) is 5.46. The van der Waals surface area contributed by atoms with Crippen LogP contribution in [0.3, 0.4) is 0 Å². The first kappa shape index (κ1) is 19.5. The Balaban J connectivity index is 1.48. The van der Waals surface area contributed by atoms with Gasteiger partial charge < -0.3 is 9.64 Å². The van der Waals surface area contributed by atoms with Crippen LogP contribution < -0.4 is 0 Å². The number of ether oxygens (including phenoxy) is 1. The molecule has 5 heteroatoms. The Morgan fingerprint density at radius 2 is 1.81 bits per heavy atom. The minimum Gasteiger partial charge on any atom is -0.364 e. The first-order chi connectivity index (χ1) is 12.8. The van der Waals surface area contributed by atoms with Gasteiger partial charge >= 0.3 is 0 Å². The molecule has 0 saturated carbocycles. The molecular formula is C22H26N2O2S. The van der Waals surface area contributed by atoms with Crippen LogP contribution in [0, 0.1) is 0 Å². The van der Waals surface area contributed by atoms with Crippen LogP contribution in [0.1, 0.15) is 36.9 Å². The second-order valence-electron chi connectivity index (χ2n) is 7.76. The maximum absolute atomic E-state index is 12.3. The van der Waals surface area contributed by atoms with E-state index in [1.54, 1.807) is 23.3 Å². The fraction of sp³-hybridized carbons (Fsp3) is 0.364. The van der Waals surface area contributed by atoms with Gasteiger partial charge in [-0.2, -0.15) is 0 Å². The lowest BCUT2D eigenvalue weighted by Gasteiger charge is -2.21. The Morgan fingerprint density at radius 3 is 2.48 bits per heavy atom. The second kappa shape index (κ2) is 8.19. The molecule has 0 atom stereocenters. The highest BCUT2D eigenvalue weighted by molar-refractivity contribution is 7.18. The van der Waals surface area contributed by atoms with Crippen molar-refractivity contribution in [1.82, 2.24) is 9.88 Å². The zero-order valence-electron chi connectivity index (χ0n) is 16.4. The molecular weight excluding hydrogens is 356 g/mol. The summed E-state index contributed by atoms with van der Waals surface area (Å²) in [7, 11) is 1.81. The van der Waals surface area contributed by atoms with Gasteiger partial charge in [-0.05, 0) is 28.7 Å². The van der Waals surface area contributed by atoms with E-state index in [0.717, 1.165) is 20.8 Å². The maximum atomic E-state index is 12.3. The van der Waals surface area contributed by atoms with E-state index in [1.807, 2.05) is 24.3 Å². The van der Waals surface area contributed by atoms with Gasteiger partial charge in [0.1, 0.15) is 11.6 Å². The molecule has 0 radical (unpaired) electrons. The number of benzene rings is 2. The Hall–Kier alpha value is -2.24. The van der Waals surface area contributed by atoms with Crippen LogP contribution in [0.4, 0.5) is 0 Å². The maximum Gasteiger partial charge on any atom is 0.248 e. The lowest BCUT2D eigenvalue weighted by Crippen LogP contribution is -2.29. The van der Waals surface area contributed by atoms with Gasteiger partial charge in [0.2, 0.25) is 5.91 Å². The predicted molar refractivity (Wildman–Crippen MR) is 111 cm³/mol. The van der Waals surface area contributed by atoms with Crippen molar-refractivity contribution in [2.45, 2.75) is 39.3 Å². The van der Waals surface area contributed by atoms with E-state index >= 15 is 0 Å². The van der Waals surface area contributed by atoms with Crippen LogP contribution in [-0.4, -0.2) is 29.4 Å². The van der Waals surface area contributed by atoms with E-state index in [1.165, 1.54) is 5.56 Å². The quantitative estimate of drug-likeness (QED) is 0.617. The van der Waals surface area contributed by atoms with Crippen molar-refractivity contribution >= 4 is 27.5 Å². The number of amides is 1. The molecule has 1 heterocycles. The van der Waals surface area contributed by atoms with Crippen LogP contribution in [0.2, 0.25) is 0 Å². The average molecular weight is 383 g/mol. The number of para-hydroxylation sites is 1. The van der Waals surface area contributed by atoms with Crippen molar-refractivity contribution in [1.29, 1.82) is 0 Å². The molecule has 0 saturated heterocycles. The topological polar surface area (TPSA) is 42.4 Å². The van der Waals surface area contributed by atoms with Crippen molar-refractivity contribution in [3.05, 3.63) is 64.7 Å². The predicted octanol–water partition coefficient (Wildman–Crippen LogP) is 4.77. The third-order valence-electron chi connectivity index (χ3n) is 4.45. The molecule has 1 amide bonds. The number of carbonyl (C=O) groups is 1. The highest BCUT2D eigenvalue weighted by Crippen LogP contribution is 2.23. The standard InChI is InChI=1S/C22H26N2O2S/c1-22(2,3)17-11-9-16(10-12-17)13-24(4)21(25)15-26-14-20-23-18-7-5-6-8-19(18)27-20/h5-12H,13-15H2,1-4H3. The number of nitrogens with zero attached hydrogens (tertiary/aromatic N) is 2. The zero-order valence-corrected chi connectivity index (χ0v) is 17.2. The summed E-state index contributed by atoms with van der Waals surface area (Å²) in [6.45, 7) is 7.58. The molecule has 0 fully saturated rings. The van der Waals surface area contributed by atoms with Gasteiger partial charge in [0.25, 0.3) is 0 Å². The van der Waals surface area contributed by atoms with Crippen molar-refractivity contribution in [2.75, 3.05) is 13.7 Å². The van der Waals surface area contributed by atoms with Crippen molar-refractivity contribution in [3.8, 4) is 0 Å². The molecule has 0 spiro atoms. The van der Waals surface area contributed by atoms with Crippen molar-refractivity contribution in [2.24, 2.45) is 0 Å². The van der Waals surface area contributed by atoms with E-state index in [-0.39, 0.29) is 17.9 Å². The third kappa shape index (κ3) is 5.15. The Labute approximate surface area is 164 Å². The number of thiazole rings is 1. The molecule has 0 aliphatic rings. The van der Waals surface area contributed by atoms with E-state index < -0.39 is 0 Å². The summed E-state index contributed by atoms with van der Waals surface area (Å²) < 4.78 is 6.73. The molecule has 2 aromatic carbocycles. The van der Waals surface area contributed by atoms with Crippen LogP contribution in [0.15, 0.2) is 48.5 Å². The summed E-state index contributed by atoms with van der Waals surface area (Å²) in [4.78, 5) is 18.5. The minimum absolute atomic E-state index is 0.0315. The number of hydrogen-bond acceptors (Lipinski definition) is 4. The van der Waals surface area contributed by atoms with Crippen molar-refractivity contribution < 1.29 is 9.53 Å². The van der Waals surface area contributed by atoms with Crippen LogP contribution in [0.25, 0.3) is 10.2 Å². The Kier molecular flexibility index (Phi) is 5.92. The normalized spacial score (nSPS) is 11.7. The SMILES string of the molecule is CN(Cc1ccc(C(C)(C)C)cc1)C(=O)COCc1nc2ccccc2s1. The lowest BCUT2D eigenvalue weighted by atomic mass is 9.87. The van der Waals surface area contributed by atoms with Gasteiger partial charge in [-0.3, -0.25) is 4.79 Å². The Bertz CT molecular complexity index is 877. The summed E-state index contributed by atoms with van der Waals surface area (Å²) in [5.41, 5.74) is 3.52. The molecule has 142 valence electrons. The summed E-state index contributed by atoms with van der Waals surface area (Å²) >= 11 is 1.60. The van der Waals surface area contributed by atoms with E-state index in [0.29, 0.717) is 13.2 Å². The number of rotatable bonds is 6. The monoisotopic (exact) mass is 382 g/mol. The lowest BCUT2D eigenvalue weighted by molar-refractivity contribution is -0.135. The Morgan fingerprint density at radius 1 is 1.11 bits per heavy atom. The number of likely N-dealkylation sites (N-methyl/N-ethyl adjacent to an activating group) is 1. The molecule has 0 aliphatic heterocycles. The van der Waals surface area contributed by atoms with Gasteiger partial charge in [0.15, 0.2) is 0 Å². The first-order valence-corrected chi connectivity index (χ1v) is 9.90. The number of fused-ring (bicyclic) bond motifs is 1. The van der Waals surface area contributed by atoms with Gasteiger partial charge in [-0.1, -0.05) is 57.2 Å². The zero-order chi connectivity index (χ0) is 19.4. The average Bonchev–Trinajstić information content (AvgIpc) is 3.04. The molecule has 1 aromatic heterocycles. The molecule has 3 aromatic rings. The second-order valence-corrected chi connectivity index (χ2v) is 8.88. The van der Waals surface area contributed by atoms with Gasteiger partial charge in [-0.25, -0.2) is 4.98 Å². The molecule has 0 aliphatic carbocycles. The number of hydrogen-bond donors (Lipinski definition) is 0. The summed E-state index contributed by atoms with van der Waals surface area (Å²) in [5.74, 6) is -0.0315. The summed E-state index contributed by atoms with van der Waals surface area (Å²) in [6.07, 6.45) is 0. The van der Waals surface area contributed by atoms with E-state index in [2.05, 4.69) is 50.0 Å². The molecule has 27 heavy (non-hydrogen) atoms. The fourth-order valence-corrected chi connectivity index (χ4v) is 3.69. The number of carbonyl (C=O) groups excluding carboxylic acids is 1. The fourth-order valence-electron chi connectivity index (χ4n) is 2.79. The number of aromatic nitrogens is 1. The molecule has 3 rings (SSSR count). The van der Waals surface area contributed by atoms with E-state index in [4.69, 9.17) is 4.74 Å². The van der Waals surface area contributed by atoms with Crippen molar-refractivity contribution in [3.63, 3.8) is 0 Å². The van der Waals surface area contributed by atoms with Crippen LogP contribution in [-0.2, 0) is 28.1 Å². The van der Waals surface area contributed by atoms with Crippen LogP contribution in [0.5, 0.6) is 0 Å². The smallest absolute Gasteiger partial charge is 0.248 e. The highest BCUT2D eigenvalue weighted by atomic mass is 32.1. The van der Waals surface area contributed by atoms with Gasteiger partial charge in [0.05, 0.1) is 16.8 Å². The molecule has 4 nitrogen and oxygen atoms in total. The largest absolute Gasteiger partial charge is 0.364 e. The molecule has 0 unspecified atom stereocenters. The summed E-state index contributed by atoms with van der Waals surface area (Å²) in [6, 6.07) is 16.4. The molecule has 0 N–H and O–H groups in total. The minimum atomic E-state index is -0.0315. The first-order valence-electron chi connectivity index (χ1n) is 9.08.